The molecule has 1 saturated carbocycles. The van der Waals surface area contributed by atoms with Gasteiger partial charge in [-0.2, -0.15) is 0 Å². The van der Waals surface area contributed by atoms with Crippen molar-refractivity contribution in [2.24, 2.45) is 5.92 Å². The Morgan fingerprint density at radius 2 is 1.80 bits per heavy atom. The number of imide groups is 1. The number of ether oxygens (including phenoxy) is 3. The quantitative estimate of drug-likeness (QED) is 0.136. The lowest BCUT2D eigenvalue weighted by Crippen LogP contribution is -2.34. The van der Waals surface area contributed by atoms with Crippen molar-refractivity contribution in [3.8, 4) is 0 Å². The number of benzene rings is 1. The van der Waals surface area contributed by atoms with Crippen molar-refractivity contribution in [2.75, 3.05) is 32.7 Å². The van der Waals surface area contributed by atoms with Gasteiger partial charge in [0.25, 0.3) is 11.8 Å². The van der Waals surface area contributed by atoms with E-state index >= 15 is 0 Å². The molecule has 2 atom stereocenters. The predicted molar refractivity (Wildman–Crippen MR) is 152 cm³/mol. The molecular formula is C31H42N2O7. The van der Waals surface area contributed by atoms with Gasteiger partial charge in [-0.3, -0.25) is 19.3 Å². The number of rotatable bonds is 16. The standard InChI is InChI=1S/C31H42N2O7/c1-6-30(2,39-5)18-20-40-31(3,23-12-13-23)24-14-10-22(11-17-29(37)38-4)21-25(24)32-26(34)9-7-8-19-33-27(35)15-16-28(33)36/h10-11,14-17,21,23H,6-9,12-13,18-20H2,1-5H3,(H,32,34)/b17-11+. The number of carbonyl (C=O) groups is 4. The van der Waals surface area contributed by atoms with Crippen LogP contribution in [0.2, 0.25) is 0 Å². The van der Waals surface area contributed by atoms with Crippen LogP contribution >= 0.6 is 0 Å². The number of unbranched alkanes of at least 4 members (excludes halogenated alkanes) is 1. The Kier molecular flexibility index (Phi) is 10.8. The van der Waals surface area contributed by atoms with Gasteiger partial charge in [-0.15, -0.1) is 0 Å². The first-order valence-corrected chi connectivity index (χ1v) is 14.0. The first-order chi connectivity index (χ1) is 19.0. The van der Waals surface area contributed by atoms with Crippen molar-refractivity contribution in [1.82, 2.24) is 4.90 Å². The van der Waals surface area contributed by atoms with E-state index in [1.54, 1.807) is 13.2 Å². The van der Waals surface area contributed by atoms with E-state index in [2.05, 4.69) is 26.1 Å². The molecule has 1 aromatic carbocycles. The van der Waals surface area contributed by atoms with Gasteiger partial charge in [-0.1, -0.05) is 19.1 Å². The number of methoxy groups -OCH3 is 2. The molecule has 1 fully saturated rings. The summed E-state index contributed by atoms with van der Waals surface area (Å²) in [5.74, 6) is -0.967. The number of hydrogen-bond acceptors (Lipinski definition) is 7. The molecule has 1 aliphatic heterocycles. The number of anilines is 1. The Labute approximate surface area is 236 Å². The Morgan fingerprint density at radius 1 is 1.10 bits per heavy atom. The maximum Gasteiger partial charge on any atom is 0.330 e. The second kappa shape index (κ2) is 13.9. The van der Waals surface area contributed by atoms with Gasteiger partial charge >= 0.3 is 5.97 Å². The maximum absolute atomic E-state index is 13.0. The highest BCUT2D eigenvalue weighted by molar-refractivity contribution is 6.12. The molecule has 0 aromatic heterocycles. The number of esters is 1. The summed E-state index contributed by atoms with van der Waals surface area (Å²) in [6.07, 6.45) is 10.4. The average molecular weight is 555 g/mol. The molecule has 2 aliphatic rings. The molecule has 1 aromatic rings. The van der Waals surface area contributed by atoms with Crippen LogP contribution in [0.5, 0.6) is 0 Å². The molecule has 0 radical (unpaired) electrons. The first kappa shape index (κ1) is 31.2. The molecule has 9 nitrogen and oxygen atoms in total. The third kappa shape index (κ3) is 8.11. The van der Waals surface area contributed by atoms with E-state index in [-0.39, 0.29) is 36.3 Å². The zero-order valence-corrected chi connectivity index (χ0v) is 24.3. The van der Waals surface area contributed by atoms with E-state index in [1.165, 1.54) is 30.2 Å². The lowest BCUT2D eigenvalue weighted by atomic mass is 9.87. The second-order valence-corrected chi connectivity index (χ2v) is 10.8. The van der Waals surface area contributed by atoms with E-state index in [9.17, 15) is 19.2 Å². The summed E-state index contributed by atoms with van der Waals surface area (Å²) in [4.78, 5) is 49.3. The van der Waals surface area contributed by atoms with Crippen LogP contribution in [-0.2, 0) is 39.0 Å². The van der Waals surface area contributed by atoms with Crippen LogP contribution in [0.25, 0.3) is 6.08 Å². The number of carbonyl (C=O) groups excluding carboxylic acids is 4. The van der Waals surface area contributed by atoms with Crippen molar-refractivity contribution in [2.45, 2.75) is 76.9 Å². The summed E-state index contributed by atoms with van der Waals surface area (Å²) in [6, 6.07) is 5.70. The van der Waals surface area contributed by atoms with Gasteiger partial charge in [0.05, 0.1) is 24.9 Å². The third-order valence-corrected chi connectivity index (χ3v) is 8.03. The molecule has 3 amide bonds. The van der Waals surface area contributed by atoms with Crippen LogP contribution in [0.3, 0.4) is 0 Å². The summed E-state index contributed by atoms with van der Waals surface area (Å²) in [5.41, 5.74) is 1.36. The molecule has 1 heterocycles. The molecule has 218 valence electrons. The fourth-order valence-electron chi connectivity index (χ4n) is 4.81. The summed E-state index contributed by atoms with van der Waals surface area (Å²) in [6.45, 7) is 7.03. The average Bonchev–Trinajstić information content (AvgIpc) is 3.76. The zero-order valence-electron chi connectivity index (χ0n) is 24.3. The fraction of sp³-hybridized carbons (Fsp3) is 0.548. The lowest BCUT2D eigenvalue weighted by Gasteiger charge is -2.35. The van der Waals surface area contributed by atoms with Crippen LogP contribution in [0, 0.1) is 5.92 Å². The van der Waals surface area contributed by atoms with Crippen molar-refractivity contribution < 1.29 is 33.4 Å². The minimum atomic E-state index is -0.612. The molecule has 0 saturated heterocycles. The molecule has 2 unspecified atom stereocenters. The molecule has 9 heteroatoms. The van der Waals surface area contributed by atoms with Crippen LogP contribution in [0.15, 0.2) is 36.4 Å². The molecule has 40 heavy (non-hydrogen) atoms. The van der Waals surface area contributed by atoms with Crippen molar-refractivity contribution in [1.29, 1.82) is 0 Å². The van der Waals surface area contributed by atoms with Crippen molar-refractivity contribution in [3.63, 3.8) is 0 Å². The van der Waals surface area contributed by atoms with Crippen molar-refractivity contribution in [3.05, 3.63) is 47.6 Å². The number of hydrogen-bond donors (Lipinski definition) is 1. The summed E-state index contributed by atoms with van der Waals surface area (Å²) >= 11 is 0. The first-order valence-electron chi connectivity index (χ1n) is 14.0. The van der Waals surface area contributed by atoms with Gasteiger partial charge < -0.3 is 19.5 Å². The smallest absolute Gasteiger partial charge is 0.330 e. The molecule has 3 rings (SSSR count). The molecule has 1 aliphatic carbocycles. The summed E-state index contributed by atoms with van der Waals surface area (Å²) in [7, 11) is 3.04. The highest BCUT2D eigenvalue weighted by atomic mass is 16.5. The molecular weight excluding hydrogens is 512 g/mol. The van der Waals surface area contributed by atoms with Crippen LogP contribution in [0.4, 0.5) is 5.69 Å². The fourth-order valence-corrected chi connectivity index (χ4v) is 4.81. The van der Waals surface area contributed by atoms with Gasteiger partial charge in [-0.05, 0) is 76.0 Å². The van der Waals surface area contributed by atoms with Crippen molar-refractivity contribution >= 4 is 35.5 Å². The topological polar surface area (TPSA) is 111 Å². The van der Waals surface area contributed by atoms with E-state index in [0.717, 1.165) is 36.8 Å². The van der Waals surface area contributed by atoms with Crippen LogP contribution < -0.4 is 5.32 Å². The second-order valence-electron chi connectivity index (χ2n) is 10.8. The van der Waals surface area contributed by atoms with Crippen LogP contribution in [0.1, 0.15) is 76.8 Å². The largest absolute Gasteiger partial charge is 0.466 e. The monoisotopic (exact) mass is 554 g/mol. The highest BCUT2D eigenvalue weighted by Crippen LogP contribution is 2.50. The summed E-state index contributed by atoms with van der Waals surface area (Å²) < 4.78 is 17.0. The molecule has 1 N–H and O–H groups in total. The Hall–Kier alpha value is -3.30. The minimum Gasteiger partial charge on any atom is -0.466 e. The zero-order chi connectivity index (χ0) is 29.3. The molecule has 0 spiro atoms. The third-order valence-electron chi connectivity index (χ3n) is 8.03. The van der Waals surface area contributed by atoms with Gasteiger partial charge in [0.1, 0.15) is 0 Å². The number of nitrogens with one attached hydrogen (secondary N) is 1. The van der Waals surface area contributed by atoms with Gasteiger partial charge in [-0.25, -0.2) is 4.79 Å². The number of nitrogens with zero attached hydrogens (tertiary/aromatic N) is 1. The number of amides is 3. The Morgan fingerprint density at radius 3 is 2.40 bits per heavy atom. The SMILES string of the molecule is CCC(C)(CCOC(C)(c1ccc(/C=C/C(=O)OC)cc1NC(=O)CCCCN1C(=O)C=CC1=O)C1CC1)OC. The predicted octanol–water partition coefficient (Wildman–Crippen LogP) is 4.75. The lowest BCUT2D eigenvalue weighted by molar-refractivity contribution is -0.137. The van der Waals surface area contributed by atoms with Gasteiger partial charge in [0, 0.05) is 49.6 Å². The molecule has 0 bridgehead atoms. The Bertz CT molecular complexity index is 1130. The minimum absolute atomic E-state index is 0.177. The maximum atomic E-state index is 13.0. The highest BCUT2D eigenvalue weighted by Gasteiger charge is 2.45. The van der Waals surface area contributed by atoms with E-state index in [0.29, 0.717) is 31.1 Å². The van der Waals surface area contributed by atoms with E-state index < -0.39 is 11.6 Å². The normalized spacial score (nSPS) is 18.2. The summed E-state index contributed by atoms with van der Waals surface area (Å²) in [5, 5.41) is 3.06. The van der Waals surface area contributed by atoms with Gasteiger partial charge in [0.15, 0.2) is 0 Å². The van der Waals surface area contributed by atoms with Gasteiger partial charge in [0.2, 0.25) is 5.91 Å². The Balaban J connectivity index is 1.75. The van der Waals surface area contributed by atoms with E-state index in [4.69, 9.17) is 14.2 Å². The van der Waals surface area contributed by atoms with Crippen LogP contribution in [-0.4, -0.2) is 61.6 Å². The van der Waals surface area contributed by atoms with E-state index in [1.807, 2.05) is 18.2 Å².